The third-order valence-corrected chi connectivity index (χ3v) is 3.66. The second kappa shape index (κ2) is 7.17. The molecule has 3 aromatic rings. The van der Waals surface area contributed by atoms with Gasteiger partial charge in [-0.1, -0.05) is 13.0 Å². The smallest absolute Gasteiger partial charge is 0.344 e. The molecule has 0 saturated heterocycles. The Hall–Kier alpha value is -3.15. The number of rotatable bonds is 5. The molecule has 0 amide bonds. The van der Waals surface area contributed by atoms with Gasteiger partial charge in [-0.3, -0.25) is 0 Å². The molecule has 0 bridgehead atoms. The van der Waals surface area contributed by atoms with E-state index in [2.05, 4.69) is 5.10 Å². The fraction of sp³-hybridized carbons (Fsp3) is 0.158. The summed E-state index contributed by atoms with van der Waals surface area (Å²) in [4.78, 5) is 12.4. The van der Waals surface area contributed by atoms with Crippen LogP contribution in [-0.4, -0.2) is 22.9 Å². The third-order valence-electron chi connectivity index (χ3n) is 3.66. The normalized spacial score (nSPS) is 10.5. The van der Waals surface area contributed by atoms with Gasteiger partial charge in [0.2, 0.25) is 5.88 Å². The van der Waals surface area contributed by atoms with Gasteiger partial charge in [0, 0.05) is 6.07 Å². The van der Waals surface area contributed by atoms with Gasteiger partial charge in [0.25, 0.3) is 0 Å². The van der Waals surface area contributed by atoms with Gasteiger partial charge in [0.1, 0.15) is 11.6 Å². The molecule has 5 nitrogen and oxygen atoms in total. The molecule has 0 saturated carbocycles. The molecule has 2 aromatic carbocycles. The van der Waals surface area contributed by atoms with Crippen LogP contribution in [0.2, 0.25) is 0 Å². The lowest BCUT2D eigenvalue weighted by atomic mass is 10.2. The summed E-state index contributed by atoms with van der Waals surface area (Å²) in [5.41, 5.74) is 1.73. The predicted molar refractivity (Wildman–Crippen MR) is 90.9 cm³/mol. The minimum atomic E-state index is -0.523. The van der Waals surface area contributed by atoms with E-state index in [0.717, 1.165) is 5.69 Å². The van der Waals surface area contributed by atoms with Gasteiger partial charge in [-0.2, -0.15) is 5.10 Å². The van der Waals surface area contributed by atoms with Crippen LogP contribution in [0.15, 0.2) is 54.6 Å². The second-order valence-corrected chi connectivity index (χ2v) is 5.34. The lowest BCUT2D eigenvalue weighted by Crippen LogP contribution is -2.12. The number of carbonyl (C=O) groups is 1. The molecule has 1 heterocycles. The van der Waals surface area contributed by atoms with Crippen molar-refractivity contribution in [3.63, 3.8) is 0 Å². The highest BCUT2D eigenvalue weighted by atomic mass is 19.1. The highest BCUT2D eigenvalue weighted by Gasteiger charge is 2.16. The maximum absolute atomic E-state index is 13.2. The zero-order chi connectivity index (χ0) is 17.8. The number of aromatic nitrogens is 2. The van der Waals surface area contributed by atoms with Gasteiger partial charge >= 0.3 is 5.97 Å². The van der Waals surface area contributed by atoms with Crippen molar-refractivity contribution >= 4 is 5.97 Å². The third kappa shape index (κ3) is 3.68. The van der Waals surface area contributed by atoms with Crippen molar-refractivity contribution in [1.82, 2.24) is 9.78 Å². The molecule has 0 spiro atoms. The lowest BCUT2D eigenvalue weighted by Gasteiger charge is -2.08. The monoisotopic (exact) mass is 340 g/mol. The minimum Gasteiger partial charge on any atom is -0.497 e. The van der Waals surface area contributed by atoms with Crippen molar-refractivity contribution in [1.29, 1.82) is 0 Å². The number of benzene rings is 2. The van der Waals surface area contributed by atoms with E-state index in [1.807, 2.05) is 6.92 Å². The van der Waals surface area contributed by atoms with Crippen molar-refractivity contribution < 1.29 is 18.7 Å². The number of carbonyl (C=O) groups excluding carboxylic acids is 1. The van der Waals surface area contributed by atoms with Gasteiger partial charge in [-0.05, 0) is 48.9 Å². The van der Waals surface area contributed by atoms with Crippen LogP contribution >= 0.6 is 0 Å². The van der Waals surface area contributed by atoms with Crippen LogP contribution in [0, 0.1) is 5.82 Å². The van der Waals surface area contributed by atoms with Gasteiger partial charge < -0.3 is 9.47 Å². The molecule has 0 radical (unpaired) electrons. The van der Waals surface area contributed by atoms with Crippen LogP contribution in [0.4, 0.5) is 4.39 Å². The van der Waals surface area contributed by atoms with E-state index in [1.165, 1.54) is 23.9 Å². The summed E-state index contributed by atoms with van der Waals surface area (Å²) < 4.78 is 25.3. The maximum Gasteiger partial charge on any atom is 0.344 e. The fourth-order valence-electron chi connectivity index (χ4n) is 2.33. The van der Waals surface area contributed by atoms with E-state index in [-0.39, 0.29) is 11.7 Å². The van der Waals surface area contributed by atoms with Crippen molar-refractivity contribution in [2.24, 2.45) is 0 Å². The highest BCUT2D eigenvalue weighted by Crippen LogP contribution is 2.22. The van der Waals surface area contributed by atoms with E-state index in [4.69, 9.17) is 9.47 Å². The van der Waals surface area contributed by atoms with Gasteiger partial charge in [0.05, 0.1) is 24.1 Å². The molecule has 3 rings (SSSR count). The lowest BCUT2D eigenvalue weighted by molar-refractivity contribution is 0.0722. The molecule has 0 N–H and O–H groups in total. The van der Waals surface area contributed by atoms with Crippen LogP contribution in [0.5, 0.6) is 11.6 Å². The predicted octanol–water partition coefficient (Wildman–Crippen LogP) is 3.80. The Bertz CT molecular complexity index is 888. The Morgan fingerprint density at radius 3 is 2.60 bits per heavy atom. The first-order valence-electron chi connectivity index (χ1n) is 7.82. The molecular formula is C19H17FN2O3. The Kier molecular flexibility index (Phi) is 4.79. The molecule has 0 fully saturated rings. The summed E-state index contributed by atoms with van der Waals surface area (Å²) in [6, 6.07) is 14.2. The molecule has 0 aliphatic rings. The van der Waals surface area contributed by atoms with Crippen LogP contribution in [0.1, 0.15) is 23.0 Å². The van der Waals surface area contributed by atoms with Crippen LogP contribution in [-0.2, 0) is 6.42 Å². The summed E-state index contributed by atoms with van der Waals surface area (Å²) in [6.45, 7) is 1.95. The summed E-state index contributed by atoms with van der Waals surface area (Å²) in [5.74, 6) is -0.0293. The van der Waals surface area contributed by atoms with Gasteiger partial charge in [-0.25, -0.2) is 13.9 Å². The zero-order valence-electron chi connectivity index (χ0n) is 13.9. The van der Waals surface area contributed by atoms with Gasteiger partial charge in [-0.15, -0.1) is 0 Å². The van der Waals surface area contributed by atoms with E-state index in [0.29, 0.717) is 23.4 Å². The van der Waals surface area contributed by atoms with E-state index in [9.17, 15) is 9.18 Å². The molecular weight excluding hydrogens is 323 g/mol. The molecule has 128 valence electrons. The van der Waals surface area contributed by atoms with E-state index >= 15 is 0 Å². The minimum absolute atomic E-state index is 0.274. The maximum atomic E-state index is 13.2. The van der Waals surface area contributed by atoms with Crippen molar-refractivity contribution in [2.75, 3.05) is 7.11 Å². The Morgan fingerprint density at radius 2 is 1.92 bits per heavy atom. The second-order valence-electron chi connectivity index (χ2n) is 5.34. The molecule has 0 unspecified atom stereocenters. The molecule has 1 aromatic heterocycles. The Balaban J connectivity index is 1.92. The molecule has 0 atom stereocenters. The average Bonchev–Trinajstić information content (AvgIpc) is 3.05. The average molecular weight is 340 g/mol. The first-order valence-corrected chi connectivity index (χ1v) is 7.82. The number of nitrogens with zero attached hydrogens (tertiary/aromatic N) is 2. The highest BCUT2D eigenvalue weighted by molar-refractivity contribution is 5.91. The Labute approximate surface area is 144 Å². The molecule has 0 aliphatic heterocycles. The molecule has 25 heavy (non-hydrogen) atoms. The fourth-order valence-corrected chi connectivity index (χ4v) is 2.33. The summed E-state index contributed by atoms with van der Waals surface area (Å²) in [6.07, 6.45) is 0.678. The summed E-state index contributed by atoms with van der Waals surface area (Å²) >= 11 is 0. The largest absolute Gasteiger partial charge is 0.497 e. The summed E-state index contributed by atoms with van der Waals surface area (Å²) in [5, 5.41) is 4.40. The first-order chi connectivity index (χ1) is 12.1. The first kappa shape index (κ1) is 16.7. The quantitative estimate of drug-likeness (QED) is 0.663. The number of esters is 1. The topological polar surface area (TPSA) is 53.4 Å². The van der Waals surface area contributed by atoms with Crippen molar-refractivity contribution in [3.05, 3.63) is 71.7 Å². The number of aryl methyl sites for hydroxylation is 1. The van der Waals surface area contributed by atoms with Crippen LogP contribution in [0.3, 0.4) is 0 Å². The van der Waals surface area contributed by atoms with Gasteiger partial charge in [0.15, 0.2) is 0 Å². The van der Waals surface area contributed by atoms with E-state index in [1.54, 1.807) is 42.5 Å². The van der Waals surface area contributed by atoms with Crippen LogP contribution in [0.25, 0.3) is 5.69 Å². The Morgan fingerprint density at radius 1 is 1.16 bits per heavy atom. The number of halogens is 1. The zero-order valence-corrected chi connectivity index (χ0v) is 13.9. The summed E-state index contributed by atoms with van der Waals surface area (Å²) in [7, 11) is 1.53. The van der Waals surface area contributed by atoms with Crippen molar-refractivity contribution in [2.45, 2.75) is 13.3 Å². The number of hydrogen-bond acceptors (Lipinski definition) is 4. The standard InChI is InChI=1S/C19H17FN2O3/c1-3-15-12-18(22(21-15)16-9-7-14(20)8-10-16)25-19(23)13-5-4-6-17(11-13)24-2/h4-12H,3H2,1-2H3. The SMILES string of the molecule is CCc1cc(OC(=O)c2cccc(OC)c2)n(-c2ccc(F)cc2)n1. The van der Waals surface area contributed by atoms with Crippen molar-refractivity contribution in [3.8, 4) is 17.3 Å². The molecule has 6 heteroatoms. The number of methoxy groups -OCH3 is 1. The van der Waals surface area contributed by atoms with E-state index < -0.39 is 5.97 Å². The molecule has 0 aliphatic carbocycles. The van der Waals surface area contributed by atoms with Crippen LogP contribution < -0.4 is 9.47 Å². The number of ether oxygens (including phenoxy) is 2. The number of hydrogen-bond donors (Lipinski definition) is 0.